The van der Waals surface area contributed by atoms with Crippen LogP contribution in [0.3, 0.4) is 0 Å². The van der Waals surface area contributed by atoms with Crippen LogP contribution < -0.4 is 14.8 Å². The number of carbonyl (C=O) groups excluding carboxylic acids is 2. The molecule has 1 N–H and O–H groups in total. The number of aromatic nitrogens is 2. The Kier molecular flexibility index (Phi) is 4.24. The van der Waals surface area contributed by atoms with E-state index in [1.54, 1.807) is 30.3 Å². The van der Waals surface area contributed by atoms with Crippen molar-refractivity contribution in [1.29, 1.82) is 0 Å². The monoisotopic (exact) mass is 409 g/mol. The smallest absolute Gasteiger partial charge is 0.277 e. The van der Waals surface area contributed by atoms with Crippen molar-refractivity contribution in [3.63, 3.8) is 0 Å². The van der Waals surface area contributed by atoms with Crippen molar-refractivity contribution in [3.05, 3.63) is 47.5 Å². The summed E-state index contributed by atoms with van der Waals surface area (Å²) in [6.07, 6.45) is 0. The van der Waals surface area contributed by atoms with Crippen LogP contribution in [0.4, 0.5) is 5.69 Å². The zero-order chi connectivity index (χ0) is 20.0. The SMILES string of the molecule is CC1C(=O)Nc2ccc(C(=O)CSc3nnc(-c4ccc5c(c4)OCO5)o3)cc21. The fraction of sp³-hybridized carbons (Fsp3) is 0.200. The summed E-state index contributed by atoms with van der Waals surface area (Å²) in [5.74, 6) is 1.41. The van der Waals surface area contributed by atoms with Gasteiger partial charge in [0.1, 0.15) is 0 Å². The van der Waals surface area contributed by atoms with E-state index in [0.29, 0.717) is 33.7 Å². The molecule has 3 aromatic rings. The van der Waals surface area contributed by atoms with Crippen molar-refractivity contribution in [2.75, 3.05) is 17.9 Å². The minimum absolute atomic E-state index is 0.0547. The number of ether oxygens (including phenoxy) is 2. The van der Waals surface area contributed by atoms with Crippen molar-refractivity contribution < 1.29 is 23.5 Å². The molecule has 0 radical (unpaired) electrons. The third-order valence-corrected chi connectivity index (χ3v) is 5.66. The van der Waals surface area contributed by atoms with Gasteiger partial charge in [-0.05, 0) is 48.9 Å². The number of carbonyl (C=O) groups is 2. The first-order chi connectivity index (χ1) is 14.1. The lowest BCUT2D eigenvalue weighted by molar-refractivity contribution is -0.116. The molecule has 2 aliphatic rings. The van der Waals surface area contributed by atoms with Crippen molar-refractivity contribution in [2.45, 2.75) is 18.1 Å². The maximum Gasteiger partial charge on any atom is 0.277 e. The van der Waals surface area contributed by atoms with E-state index < -0.39 is 0 Å². The quantitative estimate of drug-likeness (QED) is 0.504. The molecule has 0 fully saturated rings. The predicted octanol–water partition coefficient (Wildman–Crippen LogP) is 3.50. The van der Waals surface area contributed by atoms with Gasteiger partial charge in [0.05, 0.1) is 11.7 Å². The molecule has 29 heavy (non-hydrogen) atoms. The van der Waals surface area contributed by atoms with E-state index in [9.17, 15) is 9.59 Å². The van der Waals surface area contributed by atoms with Crippen LogP contribution in [0.25, 0.3) is 11.5 Å². The average Bonchev–Trinajstić information content (AvgIpc) is 3.45. The summed E-state index contributed by atoms with van der Waals surface area (Å²) < 4.78 is 16.3. The Morgan fingerprint density at radius 2 is 2.03 bits per heavy atom. The number of nitrogens with one attached hydrogen (secondary N) is 1. The van der Waals surface area contributed by atoms with Gasteiger partial charge in [-0.25, -0.2) is 0 Å². The molecule has 0 saturated heterocycles. The summed E-state index contributed by atoms with van der Waals surface area (Å²) in [6, 6.07) is 10.6. The number of benzene rings is 2. The molecule has 1 atom stereocenters. The highest BCUT2D eigenvalue weighted by atomic mass is 32.2. The van der Waals surface area contributed by atoms with Gasteiger partial charge in [0.15, 0.2) is 17.3 Å². The number of hydrogen-bond acceptors (Lipinski definition) is 8. The van der Waals surface area contributed by atoms with Crippen LogP contribution in [0.5, 0.6) is 11.5 Å². The summed E-state index contributed by atoms with van der Waals surface area (Å²) in [5, 5.41) is 11.1. The highest BCUT2D eigenvalue weighted by Crippen LogP contribution is 2.36. The topological polar surface area (TPSA) is 104 Å². The number of fused-ring (bicyclic) bond motifs is 2. The maximum atomic E-state index is 12.6. The van der Waals surface area contributed by atoms with E-state index >= 15 is 0 Å². The number of amides is 1. The molecule has 1 aromatic heterocycles. The standard InChI is InChI=1S/C20H15N3O5S/c1-10-13-6-11(2-4-14(13)21-18(10)25)15(24)8-29-20-23-22-19(28-20)12-3-5-16-17(7-12)27-9-26-16/h2-7,10H,8-9H2,1H3,(H,21,25). The lowest BCUT2D eigenvalue weighted by Gasteiger charge is -2.04. The molecule has 2 aliphatic heterocycles. The van der Waals surface area contributed by atoms with Gasteiger partial charge in [-0.3, -0.25) is 9.59 Å². The van der Waals surface area contributed by atoms with Crippen LogP contribution in [0.15, 0.2) is 46.0 Å². The molecule has 1 unspecified atom stereocenters. The Hall–Kier alpha value is -3.33. The van der Waals surface area contributed by atoms with Crippen molar-refractivity contribution >= 4 is 29.1 Å². The molecule has 3 heterocycles. The third-order valence-electron chi connectivity index (χ3n) is 4.84. The average molecular weight is 409 g/mol. The van der Waals surface area contributed by atoms with Crippen LogP contribution in [-0.4, -0.2) is 34.4 Å². The molecule has 146 valence electrons. The second kappa shape index (κ2) is 6.93. The van der Waals surface area contributed by atoms with Gasteiger partial charge >= 0.3 is 0 Å². The minimum atomic E-state index is -0.259. The van der Waals surface area contributed by atoms with Gasteiger partial charge in [0, 0.05) is 16.8 Å². The summed E-state index contributed by atoms with van der Waals surface area (Å²) in [4.78, 5) is 24.3. The van der Waals surface area contributed by atoms with Gasteiger partial charge < -0.3 is 19.2 Å². The molecular weight excluding hydrogens is 394 g/mol. The largest absolute Gasteiger partial charge is 0.454 e. The summed E-state index contributed by atoms with van der Waals surface area (Å²) in [7, 11) is 0. The summed E-state index contributed by atoms with van der Waals surface area (Å²) >= 11 is 1.17. The zero-order valence-corrected chi connectivity index (χ0v) is 16.1. The number of thioether (sulfide) groups is 1. The highest BCUT2D eigenvalue weighted by Gasteiger charge is 2.27. The van der Waals surface area contributed by atoms with Gasteiger partial charge in [0.2, 0.25) is 18.6 Å². The second-order valence-corrected chi connectivity index (χ2v) is 7.59. The molecule has 9 heteroatoms. The van der Waals surface area contributed by atoms with Crippen molar-refractivity contribution in [3.8, 4) is 23.0 Å². The zero-order valence-electron chi connectivity index (χ0n) is 15.3. The van der Waals surface area contributed by atoms with Crippen LogP contribution in [-0.2, 0) is 4.79 Å². The lowest BCUT2D eigenvalue weighted by atomic mass is 9.99. The van der Waals surface area contributed by atoms with Crippen molar-refractivity contribution in [1.82, 2.24) is 10.2 Å². The fourth-order valence-corrected chi connectivity index (χ4v) is 3.87. The Morgan fingerprint density at radius 1 is 1.17 bits per heavy atom. The number of rotatable bonds is 5. The summed E-state index contributed by atoms with van der Waals surface area (Å²) in [6.45, 7) is 2.01. The number of nitrogens with zero attached hydrogens (tertiary/aromatic N) is 2. The van der Waals surface area contributed by atoms with Crippen LogP contribution in [0.2, 0.25) is 0 Å². The second-order valence-electron chi connectivity index (χ2n) is 6.67. The van der Waals surface area contributed by atoms with Gasteiger partial charge in [-0.15, -0.1) is 10.2 Å². The predicted molar refractivity (Wildman–Crippen MR) is 104 cm³/mol. The van der Waals surface area contributed by atoms with Gasteiger partial charge in [-0.2, -0.15) is 0 Å². The minimum Gasteiger partial charge on any atom is -0.454 e. The molecule has 0 saturated carbocycles. The Bertz CT molecular complexity index is 1140. The number of hydrogen-bond donors (Lipinski definition) is 1. The Morgan fingerprint density at radius 3 is 2.93 bits per heavy atom. The van der Waals surface area contributed by atoms with E-state index in [0.717, 1.165) is 11.3 Å². The Balaban J connectivity index is 1.27. The van der Waals surface area contributed by atoms with Gasteiger partial charge in [0.25, 0.3) is 5.22 Å². The fourth-order valence-electron chi connectivity index (χ4n) is 3.22. The molecule has 0 aliphatic carbocycles. The van der Waals surface area contributed by atoms with E-state index in [-0.39, 0.29) is 30.2 Å². The first-order valence-electron chi connectivity index (χ1n) is 8.93. The van der Waals surface area contributed by atoms with E-state index in [4.69, 9.17) is 13.9 Å². The normalized spacial score (nSPS) is 16.6. The molecule has 1 amide bonds. The molecule has 5 rings (SSSR count). The number of ketones is 1. The highest BCUT2D eigenvalue weighted by molar-refractivity contribution is 7.99. The molecule has 8 nitrogen and oxygen atoms in total. The number of Topliss-reactive ketones (excluding diaryl/α,β-unsaturated/α-hetero) is 1. The summed E-state index contributed by atoms with van der Waals surface area (Å²) in [5.41, 5.74) is 2.87. The third kappa shape index (κ3) is 3.23. The Labute approximate surface area is 169 Å². The first kappa shape index (κ1) is 17.7. The first-order valence-corrected chi connectivity index (χ1v) is 9.91. The van der Waals surface area contributed by atoms with Crippen LogP contribution in [0, 0.1) is 0 Å². The molecule has 0 spiro atoms. The van der Waals surface area contributed by atoms with Gasteiger partial charge in [-0.1, -0.05) is 11.8 Å². The van der Waals surface area contributed by atoms with Crippen LogP contribution >= 0.6 is 11.8 Å². The molecular formula is C20H15N3O5S. The number of anilines is 1. The van der Waals surface area contributed by atoms with E-state index in [2.05, 4.69) is 15.5 Å². The van der Waals surface area contributed by atoms with E-state index in [1.165, 1.54) is 11.8 Å². The van der Waals surface area contributed by atoms with E-state index in [1.807, 2.05) is 13.0 Å². The molecule has 2 aromatic carbocycles. The maximum absolute atomic E-state index is 12.6. The molecule has 0 bridgehead atoms. The van der Waals surface area contributed by atoms with Crippen molar-refractivity contribution in [2.24, 2.45) is 0 Å². The van der Waals surface area contributed by atoms with Crippen LogP contribution in [0.1, 0.15) is 28.8 Å². The lowest BCUT2D eigenvalue weighted by Crippen LogP contribution is -2.08.